The molecule has 1 N–H and O–H groups in total. The van der Waals surface area contributed by atoms with Crippen molar-refractivity contribution < 1.29 is 4.39 Å². The molecular formula is C17H18Br2FN. The highest BCUT2D eigenvalue weighted by Gasteiger charge is 2.16. The first-order chi connectivity index (χ1) is 10.0. The van der Waals surface area contributed by atoms with E-state index in [1.165, 1.54) is 11.6 Å². The predicted octanol–water partition coefficient (Wildman–Crippen LogP) is 5.55. The van der Waals surface area contributed by atoms with Gasteiger partial charge in [0.15, 0.2) is 0 Å². The van der Waals surface area contributed by atoms with Gasteiger partial charge < -0.3 is 5.32 Å². The molecule has 0 aromatic heterocycles. The number of likely N-dealkylation sites (N-methyl/N-ethyl adjacent to an activating group) is 1. The van der Waals surface area contributed by atoms with Gasteiger partial charge in [0.1, 0.15) is 5.82 Å². The van der Waals surface area contributed by atoms with E-state index in [1.54, 1.807) is 6.07 Å². The molecule has 1 unspecified atom stereocenters. The van der Waals surface area contributed by atoms with Crippen LogP contribution in [0.4, 0.5) is 4.39 Å². The Balaban J connectivity index is 2.32. The molecule has 0 fully saturated rings. The van der Waals surface area contributed by atoms with E-state index >= 15 is 0 Å². The van der Waals surface area contributed by atoms with Crippen LogP contribution in [-0.4, -0.2) is 6.54 Å². The quantitative estimate of drug-likeness (QED) is 0.675. The molecule has 0 aliphatic rings. The second-order valence-electron chi connectivity index (χ2n) is 5.05. The lowest BCUT2D eigenvalue weighted by atomic mass is 9.96. The van der Waals surface area contributed by atoms with Gasteiger partial charge in [-0.3, -0.25) is 0 Å². The molecule has 0 amide bonds. The summed E-state index contributed by atoms with van der Waals surface area (Å²) in [5.41, 5.74) is 3.34. The van der Waals surface area contributed by atoms with Crippen LogP contribution in [0.2, 0.25) is 0 Å². The van der Waals surface area contributed by atoms with Crippen molar-refractivity contribution in [2.45, 2.75) is 26.3 Å². The Bertz CT molecular complexity index is 628. The van der Waals surface area contributed by atoms with Crippen LogP contribution in [0.5, 0.6) is 0 Å². The highest BCUT2D eigenvalue weighted by Crippen LogP contribution is 2.29. The second kappa shape index (κ2) is 7.52. The molecule has 0 radical (unpaired) electrons. The van der Waals surface area contributed by atoms with Crippen molar-refractivity contribution in [3.63, 3.8) is 0 Å². The minimum atomic E-state index is -0.180. The maximum Gasteiger partial charge on any atom is 0.123 e. The molecule has 112 valence electrons. The first kappa shape index (κ1) is 16.7. The second-order valence-corrected chi connectivity index (χ2v) is 6.82. The average molecular weight is 415 g/mol. The summed E-state index contributed by atoms with van der Waals surface area (Å²) in [5.74, 6) is -0.180. The zero-order valence-electron chi connectivity index (χ0n) is 12.1. The van der Waals surface area contributed by atoms with Crippen LogP contribution in [-0.2, 0) is 6.42 Å². The molecule has 0 bridgehead atoms. The molecule has 0 saturated carbocycles. The zero-order valence-corrected chi connectivity index (χ0v) is 15.3. The van der Waals surface area contributed by atoms with Gasteiger partial charge in [-0.15, -0.1) is 0 Å². The Kier molecular flexibility index (Phi) is 5.97. The van der Waals surface area contributed by atoms with Gasteiger partial charge in [0, 0.05) is 15.0 Å². The fourth-order valence-electron chi connectivity index (χ4n) is 2.40. The van der Waals surface area contributed by atoms with Gasteiger partial charge in [0.2, 0.25) is 0 Å². The summed E-state index contributed by atoms with van der Waals surface area (Å²) < 4.78 is 15.6. The largest absolute Gasteiger partial charge is 0.310 e. The van der Waals surface area contributed by atoms with Crippen LogP contribution >= 0.6 is 31.9 Å². The average Bonchev–Trinajstić information content (AvgIpc) is 2.42. The van der Waals surface area contributed by atoms with Crippen LogP contribution in [0.15, 0.2) is 45.3 Å². The lowest BCUT2D eigenvalue weighted by Crippen LogP contribution is -2.23. The minimum Gasteiger partial charge on any atom is -0.310 e. The van der Waals surface area contributed by atoms with Crippen molar-refractivity contribution in [3.05, 3.63) is 67.9 Å². The van der Waals surface area contributed by atoms with Crippen molar-refractivity contribution in [3.8, 4) is 0 Å². The fraction of sp³-hybridized carbons (Fsp3) is 0.294. The van der Waals surface area contributed by atoms with Gasteiger partial charge in [-0.05, 0) is 60.8 Å². The summed E-state index contributed by atoms with van der Waals surface area (Å²) >= 11 is 7.09. The van der Waals surface area contributed by atoms with E-state index in [0.29, 0.717) is 0 Å². The third-order valence-electron chi connectivity index (χ3n) is 3.52. The predicted molar refractivity (Wildman–Crippen MR) is 93.1 cm³/mol. The number of rotatable bonds is 5. The van der Waals surface area contributed by atoms with Crippen molar-refractivity contribution >= 4 is 31.9 Å². The first-order valence-corrected chi connectivity index (χ1v) is 8.53. The molecule has 0 aliphatic heterocycles. The van der Waals surface area contributed by atoms with Crippen molar-refractivity contribution in [1.82, 2.24) is 5.32 Å². The van der Waals surface area contributed by atoms with Gasteiger partial charge in [-0.2, -0.15) is 0 Å². The number of nitrogens with one attached hydrogen (secondary N) is 1. The van der Waals surface area contributed by atoms with E-state index in [1.807, 2.05) is 25.1 Å². The Labute approximate surface area is 142 Å². The molecule has 2 aromatic carbocycles. The maximum absolute atomic E-state index is 13.5. The van der Waals surface area contributed by atoms with E-state index in [2.05, 4.69) is 50.2 Å². The third kappa shape index (κ3) is 4.38. The molecule has 2 rings (SSSR count). The molecule has 0 heterocycles. The summed E-state index contributed by atoms with van der Waals surface area (Å²) in [4.78, 5) is 0. The topological polar surface area (TPSA) is 12.0 Å². The molecule has 1 atom stereocenters. The summed E-state index contributed by atoms with van der Waals surface area (Å²) in [6, 6.07) is 11.3. The lowest BCUT2D eigenvalue weighted by molar-refractivity contribution is 0.543. The molecule has 0 saturated heterocycles. The standard InChI is InChI=1S/C17H18Br2FN/c1-3-21-17(15-7-5-13(18)10-16(15)19)9-12-8-14(20)6-4-11(12)2/h4-8,10,17,21H,3,9H2,1-2H3. The van der Waals surface area contributed by atoms with Crippen LogP contribution in [0.25, 0.3) is 0 Å². The summed E-state index contributed by atoms with van der Waals surface area (Å²) in [6.07, 6.45) is 0.762. The van der Waals surface area contributed by atoms with E-state index in [9.17, 15) is 4.39 Å². The third-order valence-corrected chi connectivity index (χ3v) is 4.70. The molecule has 0 spiro atoms. The van der Waals surface area contributed by atoms with Gasteiger partial charge in [-0.1, -0.05) is 50.9 Å². The molecular weight excluding hydrogens is 397 g/mol. The highest BCUT2D eigenvalue weighted by atomic mass is 79.9. The van der Waals surface area contributed by atoms with Crippen molar-refractivity contribution in [1.29, 1.82) is 0 Å². The summed E-state index contributed by atoms with van der Waals surface area (Å²) in [5, 5.41) is 3.49. The van der Waals surface area contributed by atoms with Crippen LogP contribution < -0.4 is 5.32 Å². The Morgan fingerprint density at radius 2 is 1.90 bits per heavy atom. The number of hydrogen-bond donors (Lipinski definition) is 1. The normalized spacial score (nSPS) is 12.4. The van der Waals surface area contributed by atoms with Gasteiger partial charge in [0.25, 0.3) is 0 Å². The number of hydrogen-bond acceptors (Lipinski definition) is 1. The number of benzene rings is 2. The summed E-state index contributed by atoms with van der Waals surface area (Å²) in [7, 11) is 0. The zero-order chi connectivity index (χ0) is 15.4. The van der Waals surface area contributed by atoms with Gasteiger partial charge in [0.05, 0.1) is 0 Å². The van der Waals surface area contributed by atoms with Crippen LogP contribution in [0, 0.1) is 12.7 Å². The maximum atomic E-state index is 13.5. The fourth-order valence-corrected chi connectivity index (χ4v) is 3.73. The highest BCUT2D eigenvalue weighted by molar-refractivity contribution is 9.11. The molecule has 1 nitrogen and oxygen atoms in total. The van der Waals surface area contributed by atoms with Crippen LogP contribution in [0.3, 0.4) is 0 Å². The monoisotopic (exact) mass is 413 g/mol. The minimum absolute atomic E-state index is 0.151. The smallest absolute Gasteiger partial charge is 0.123 e. The summed E-state index contributed by atoms with van der Waals surface area (Å²) in [6.45, 7) is 4.97. The molecule has 21 heavy (non-hydrogen) atoms. The van der Waals surface area contributed by atoms with Crippen molar-refractivity contribution in [2.24, 2.45) is 0 Å². The molecule has 2 aromatic rings. The number of aryl methyl sites for hydroxylation is 1. The Morgan fingerprint density at radius 1 is 1.14 bits per heavy atom. The van der Waals surface area contributed by atoms with E-state index in [-0.39, 0.29) is 11.9 Å². The van der Waals surface area contributed by atoms with E-state index < -0.39 is 0 Å². The van der Waals surface area contributed by atoms with Crippen LogP contribution in [0.1, 0.15) is 29.7 Å². The Hall–Kier alpha value is -0.710. The molecule has 0 aliphatic carbocycles. The first-order valence-electron chi connectivity index (χ1n) is 6.94. The van der Waals surface area contributed by atoms with E-state index in [0.717, 1.165) is 33.0 Å². The lowest BCUT2D eigenvalue weighted by Gasteiger charge is -2.21. The SMILES string of the molecule is CCNC(Cc1cc(F)ccc1C)c1ccc(Br)cc1Br. The van der Waals surface area contributed by atoms with Gasteiger partial charge in [-0.25, -0.2) is 4.39 Å². The Morgan fingerprint density at radius 3 is 2.57 bits per heavy atom. The van der Waals surface area contributed by atoms with Crippen molar-refractivity contribution in [2.75, 3.05) is 6.54 Å². The van der Waals surface area contributed by atoms with E-state index in [4.69, 9.17) is 0 Å². The number of halogens is 3. The molecule has 4 heteroatoms. The van der Waals surface area contributed by atoms with Gasteiger partial charge >= 0.3 is 0 Å².